The van der Waals surface area contributed by atoms with Gasteiger partial charge >= 0.3 is 12.6 Å². The topological polar surface area (TPSA) is 88.7 Å². The smallest absolute Gasteiger partial charge is 0.387 e. The van der Waals surface area contributed by atoms with Gasteiger partial charge in [0.25, 0.3) is 0 Å². The molecule has 9 heteroatoms. The van der Waals surface area contributed by atoms with E-state index in [4.69, 9.17) is 4.74 Å². The number of carbonyl (C=O) groups excluding carboxylic acids is 2. The minimum Gasteiger partial charge on any atom is -0.493 e. The van der Waals surface area contributed by atoms with Crippen molar-refractivity contribution in [3.05, 3.63) is 23.8 Å². The Balaban J connectivity index is 1.89. The number of carbonyl (C=O) groups is 2. The summed E-state index contributed by atoms with van der Waals surface area (Å²) < 4.78 is 33.9. The molecule has 24 heavy (non-hydrogen) atoms. The first-order chi connectivity index (χ1) is 11.5. The van der Waals surface area contributed by atoms with Gasteiger partial charge in [0.05, 0.1) is 7.11 Å². The van der Waals surface area contributed by atoms with Crippen LogP contribution in [0, 0.1) is 0 Å². The Morgan fingerprint density at radius 3 is 2.88 bits per heavy atom. The van der Waals surface area contributed by atoms with E-state index in [0.717, 1.165) is 6.42 Å². The van der Waals surface area contributed by atoms with Gasteiger partial charge in [-0.15, -0.1) is 0 Å². The van der Waals surface area contributed by atoms with Crippen molar-refractivity contribution < 1.29 is 27.8 Å². The van der Waals surface area contributed by atoms with Crippen LogP contribution in [0.3, 0.4) is 0 Å². The van der Waals surface area contributed by atoms with Crippen LogP contribution in [0.25, 0.3) is 0 Å². The molecule has 1 aliphatic rings. The zero-order valence-corrected chi connectivity index (χ0v) is 13.1. The summed E-state index contributed by atoms with van der Waals surface area (Å²) in [4.78, 5) is 23.4. The van der Waals surface area contributed by atoms with Crippen molar-refractivity contribution >= 4 is 11.9 Å². The number of benzene rings is 1. The van der Waals surface area contributed by atoms with Crippen molar-refractivity contribution in [1.82, 2.24) is 16.0 Å². The highest BCUT2D eigenvalue weighted by Gasteiger charge is 2.23. The number of halogens is 2. The number of methoxy groups -OCH3 is 1. The minimum atomic E-state index is -2.95. The highest BCUT2D eigenvalue weighted by atomic mass is 19.3. The number of hydrogen-bond donors (Lipinski definition) is 3. The molecule has 1 aromatic carbocycles. The van der Waals surface area contributed by atoms with Crippen molar-refractivity contribution in [2.24, 2.45) is 0 Å². The summed E-state index contributed by atoms with van der Waals surface area (Å²) in [6, 6.07) is 3.34. The number of hydrogen-bond acceptors (Lipinski definition) is 4. The van der Waals surface area contributed by atoms with E-state index in [9.17, 15) is 18.4 Å². The fourth-order valence-electron chi connectivity index (χ4n) is 2.32. The van der Waals surface area contributed by atoms with Crippen molar-refractivity contribution in [2.75, 3.05) is 13.7 Å². The monoisotopic (exact) mass is 343 g/mol. The first kappa shape index (κ1) is 17.8. The van der Waals surface area contributed by atoms with Crippen molar-refractivity contribution in [1.29, 1.82) is 0 Å². The second-order valence-corrected chi connectivity index (χ2v) is 5.18. The lowest BCUT2D eigenvalue weighted by atomic mass is 10.1. The van der Waals surface area contributed by atoms with Gasteiger partial charge in [-0.3, -0.25) is 4.79 Å². The van der Waals surface area contributed by atoms with E-state index < -0.39 is 18.7 Å². The Bertz CT molecular complexity index is 598. The van der Waals surface area contributed by atoms with Crippen LogP contribution in [0.5, 0.6) is 11.5 Å². The lowest BCUT2D eigenvalue weighted by Crippen LogP contribution is -2.52. The van der Waals surface area contributed by atoms with Crippen molar-refractivity contribution in [3.8, 4) is 11.5 Å². The number of ether oxygens (including phenoxy) is 2. The maximum atomic E-state index is 12.3. The Morgan fingerprint density at radius 1 is 1.42 bits per heavy atom. The average Bonchev–Trinajstić information content (AvgIpc) is 2.55. The molecule has 0 radical (unpaired) electrons. The largest absolute Gasteiger partial charge is 0.493 e. The molecule has 7 nitrogen and oxygen atoms in total. The third kappa shape index (κ3) is 4.97. The van der Waals surface area contributed by atoms with Crippen molar-refractivity contribution in [3.63, 3.8) is 0 Å². The van der Waals surface area contributed by atoms with Gasteiger partial charge in [-0.05, 0) is 30.5 Å². The molecule has 1 aromatic rings. The van der Waals surface area contributed by atoms with Crippen LogP contribution >= 0.6 is 0 Å². The van der Waals surface area contributed by atoms with Gasteiger partial charge in [0.15, 0.2) is 11.5 Å². The molecular weight excluding hydrogens is 324 g/mol. The van der Waals surface area contributed by atoms with E-state index in [1.807, 2.05) is 0 Å². The lowest BCUT2D eigenvalue weighted by molar-refractivity contribution is -0.124. The third-order valence-electron chi connectivity index (χ3n) is 3.49. The minimum absolute atomic E-state index is 0.0837. The summed E-state index contributed by atoms with van der Waals surface area (Å²) >= 11 is 0. The maximum Gasteiger partial charge on any atom is 0.387 e. The Hall–Kier alpha value is -2.58. The molecule has 0 aliphatic carbocycles. The van der Waals surface area contributed by atoms with Gasteiger partial charge in [-0.25, -0.2) is 4.79 Å². The molecule has 0 unspecified atom stereocenters. The summed E-state index contributed by atoms with van der Waals surface area (Å²) in [7, 11) is 1.33. The van der Waals surface area contributed by atoms with E-state index >= 15 is 0 Å². The van der Waals surface area contributed by atoms with Crippen LogP contribution in [-0.4, -0.2) is 38.2 Å². The van der Waals surface area contributed by atoms with E-state index in [-0.39, 0.29) is 24.0 Å². The molecule has 1 saturated heterocycles. The summed E-state index contributed by atoms with van der Waals surface area (Å²) in [5, 5.41) is 7.87. The van der Waals surface area contributed by atoms with Crippen LogP contribution in [0.1, 0.15) is 18.4 Å². The number of alkyl halides is 2. The predicted octanol–water partition coefficient (Wildman–Crippen LogP) is 1.37. The Kier molecular flexibility index (Phi) is 6.16. The van der Waals surface area contributed by atoms with Gasteiger partial charge in [-0.1, -0.05) is 6.07 Å². The first-order valence-electron chi connectivity index (χ1n) is 7.43. The van der Waals surface area contributed by atoms with Crippen LogP contribution in [-0.2, 0) is 11.3 Å². The fourth-order valence-corrected chi connectivity index (χ4v) is 2.32. The van der Waals surface area contributed by atoms with Crippen LogP contribution < -0.4 is 25.4 Å². The second-order valence-electron chi connectivity index (χ2n) is 5.18. The first-order valence-corrected chi connectivity index (χ1v) is 7.43. The maximum absolute atomic E-state index is 12.3. The highest BCUT2D eigenvalue weighted by molar-refractivity contribution is 5.87. The van der Waals surface area contributed by atoms with E-state index in [1.165, 1.54) is 25.3 Å². The van der Waals surface area contributed by atoms with Gasteiger partial charge in [0.1, 0.15) is 6.04 Å². The number of nitrogens with one attached hydrogen (secondary N) is 3. The molecule has 3 N–H and O–H groups in total. The molecular formula is C15H19F2N3O4. The van der Waals surface area contributed by atoms with Crippen LogP contribution in [0.2, 0.25) is 0 Å². The number of urea groups is 1. The van der Waals surface area contributed by atoms with Gasteiger partial charge < -0.3 is 25.4 Å². The highest BCUT2D eigenvalue weighted by Crippen LogP contribution is 2.29. The molecule has 2 rings (SSSR count). The van der Waals surface area contributed by atoms with Crippen molar-refractivity contribution in [2.45, 2.75) is 32.0 Å². The zero-order valence-electron chi connectivity index (χ0n) is 13.1. The quantitative estimate of drug-likeness (QED) is 0.728. The molecule has 132 valence electrons. The normalized spacial score (nSPS) is 17.2. The van der Waals surface area contributed by atoms with Gasteiger partial charge in [0.2, 0.25) is 5.91 Å². The fraction of sp³-hybridized carbons (Fsp3) is 0.467. The SMILES string of the molecule is COc1cc(CNC(=O)N[C@H]2CCCNC2=O)ccc1OC(F)F. The third-order valence-corrected chi connectivity index (χ3v) is 3.49. The summed E-state index contributed by atoms with van der Waals surface area (Å²) in [5.41, 5.74) is 0.636. The molecule has 0 aromatic heterocycles. The van der Waals surface area contributed by atoms with E-state index in [1.54, 1.807) is 0 Å². The molecule has 0 bridgehead atoms. The van der Waals surface area contributed by atoms with Crippen LogP contribution in [0.4, 0.5) is 13.6 Å². The number of rotatable bonds is 6. The molecule has 1 heterocycles. The Labute approximate surface area is 137 Å². The van der Waals surface area contributed by atoms with Gasteiger partial charge in [-0.2, -0.15) is 8.78 Å². The second kappa shape index (κ2) is 8.32. The molecule has 3 amide bonds. The average molecular weight is 343 g/mol. The summed E-state index contributed by atoms with van der Waals surface area (Å²) in [6.45, 7) is -2.19. The zero-order chi connectivity index (χ0) is 17.5. The summed E-state index contributed by atoms with van der Waals surface area (Å²) in [6.07, 6.45) is 1.40. The standard InChI is InChI=1S/C15H19F2N3O4/c1-23-12-7-9(4-5-11(12)24-14(16)17)8-19-15(22)20-10-3-2-6-18-13(10)21/h4-5,7,10,14H,2-3,6,8H2,1H3,(H,18,21)(H2,19,20,22)/t10-/m0/s1. The van der Waals surface area contributed by atoms with E-state index in [2.05, 4.69) is 20.7 Å². The summed E-state index contributed by atoms with van der Waals surface area (Å²) in [5.74, 6) is -0.146. The molecule has 1 fully saturated rings. The molecule has 0 spiro atoms. The number of piperidine rings is 1. The van der Waals surface area contributed by atoms with Crippen LogP contribution in [0.15, 0.2) is 18.2 Å². The Morgan fingerprint density at radius 2 is 2.21 bits per heavy atom. The number of amides is 3. The molecule has 1 atom stereocenters. The van der Waals surface area contributed by atoms with E-state index in [0.29, 0.717) is 18.5 Å². The predicted molar refractivity (Wildman–Crippen MR) is 81.0 cm³/mol. The molecule has 0 saturated carbocycles. The van der Waals surface area contributed by atoms with Gasteiger partial charge in [0, 0.05) is 13.1 Å². The molecule has 1 aliphatic heterocycles. The lowest BCUT2D eigenvalue weighted by Gasteiger charge is -2.22.